The van der Waals surface area contributed by atoms with Crippen molar-refractivity contribution in [1.29, 1.82) is 0 Å². The Kier molecular flexibility index (Phi) is 2.94. The second-order valence-corrected chi connectivity index (χ2v) is 5.17. The summed E-state index contributed by atoms with van der Waals surface area (Å²) in [5.74, 6) is 1.82. The van der Waals surface area contributed by atoms with Crippen LogP contribution in [-0.2, 0) is 0 Å². The standard InChI is InChI=1S/C13H17ClN2/c1-7(2)9-5-6-10-12(11(9)14)16-13(15-10)8(3)4/h5-8H,1-4H3,(H,15,16). The Hall–Kier alpha value is -1.02. The maximum atomic E-state index is 6.37. The SMILES string of the molecule is CC(C)c1nc2c(Cl)c(C(C)C)ccc2[nH]1. The van der Waals surface area contributed by atoms with Crippen molar-refractivity contribution in [3.05, 3.63) is 28.5 Å². The van der Waals surface area contributed by atoms with E-state index in [0.717, 1.165) is 27.4 Å². The van der Waals surface area contributed by atoms with E-state index in [9.17, 15) is 0 Å². The number of fused-ring (bicyclic) bond motifs is 1. The molecule has 0 saturated carbocycles. The van der Waals surface area contributed by atoms with Gasteiger partial charge in [-0.25, -0.2) is 4.98 Å². The summed E-state index contributed by atoms with van der Waals surface area (Å²) in [7, 11) is 0. The maximum absolute atomic E-state index is 6.37. The third-order valence-corrected chi connectivity index (χ3v) is 3.21. The average Bonchev–Trinajstić information content (AvgIpc) is 2.62. The highest BCUT2D eigenvalue weighted by atomic mass is 35.5. The second-order valence-electron chi connectivity index (χ2n) is 4.80. The van der Waals surface area contributed by atoms with Crippen molar-refractivity contribution < 1.29 is 0 Å². The van der Waals surface area contributed by atoms with Gasteiger partial charge in [0.1, 0.15) is 11.3 Å². The van der Waals surface area contributed by atoms with Crippen LogP contribution in [0.5, 0.6) is 0 Å². The quantitative estimate of drug-likeness (QED) is 0.819. The summed E-state index contributed by atoms with van der Waals surface area (Å²) in [6, 6.07) is 4.15. The molecule has 0 fully saturated rings. The molecule has 0 aliphatic carbocycles. The number of aromatic amines is 1. The number of imidazole rings is 1. The van der Waals surface area contributed by atoms with Gasteiger partial charge in [-0.2, -0.15) is 0 Å². The molecule has 1 aromatic heterocycles. The molecule has 16 heavy (non-hydrogen) atoms. The first-order chi connectivity index (χ1) is 7.50. The number of rotatable bonds is 2. The molecular weight excluding hydrogens is 220 g/mol. The molecule has 0 atom stereocenters. The zero-order valence-corrected chi connectivity index (χ0v) is 10.9. The Morgan fingerprint density at radius 2 is 1.81 bits per heavy atom. The summed E-state index contributed by atoms with van der Waals surface area (Å²) in [6.07, 6.45) is 0. The molecule has 2 rings (SSSR count). The topological polar surface area (TPSA) is 28.7 Å². The van der Waals surface area contributed by atoms with Crippen molar-refractivity contribution in [2.75, 3.05) is 0 Å². The van der Waals surface area contributed by atoms with Crippen LogP contribution in [0.1, 0.15) is 50.9 Å². The summed E-state index contributed by atoms with van der Waals surface area (Å²) in [6.45, 7) is 8.52. The molecule has 0 aliphatic heterocycles. The number of nitrogens with zero attached hydrogens (tertiary/aromatic N) is 1. The van der Waals surface area contributed by atoms with Gasteiger partial charge < -0.3 is 4.98 Å². The Balaban J connectivity index is 2.65. The van der Waals surface area contributed by atoms with Crippen molar-refractivity contribution in [1.82, 2.24) is 9.97 Å². The molecule has 2 aromatic rings. The minimum atomic E-state index is 0.394. The predicted molar refractivity (Wildman–Crippen MR) is 69.3 cm³/mol. The number of hydrogen-bond acceptors (Lipinski definition) is 1. The van der Waals surface area contributed by atoms with Crippen molar-refractivity contribution in [3.8, 4) is 0 Å². The number of aromatic nitrogens is 2. The Bertz CT molecular complexity index is 512. The molecule has 0 unspecified atom stereocenters. The van der Waals surface area contributed by atoms with Gasteiger partial charge in [-0.05, 0) is 17.5 Å². The van der Waals surface area contributed by atoms with Gasteiger partial charge in [0.25, 0.3) is 0 Å². The smallest absolute Gasteiger partial charge is 0.109 e. The number of H-pyrrole nitrogens is 1. The molecule has 0 spiro atoms. The molecule has 3 heteroatoms. The molecule has 1 aromatic carbocycles. The van der Waals surface area contributed by atoms with Crippen LogP contribution in [0.3, 0.4) is 0 Å². The monoisotopic (exact) mass is 236 g/mol. The van der Waals surface area contributed by atoms with Gasteiger partial charge in [-0.1, -0.05) is 45.4 Å². The molecule has 0 saturated heterocycles. The summed E-state index contributed by atoms with van der Waals surface area (Å²) in [5, 5.41) is 0.788. The summed E-state index contributed by atoms with van der Waals surface area (Å²) >= 11 is 6.37. The van der Waals surface area contributed by atoms with Crippen LogP contribution in [0.15, 0.2) is 12.1 Å². The van der Waals surface area contributed by atoms with E-state index in [0.29, 0.717) is 11.8 Å². The zero-order chi connectivity index (χ0) is 11.9. The fourth-order valence-corrected chi connectivity index (χ4v) is 2.22. The Morgan fingerprint density at radius 3 is 2.38 bits per heavy atom. The summed E-state index contributed by atoms with van der Waals surface area (Å²) in [5.41, 5.74) is 3.09. The minimum Gasteiger partial charge on any atom is -0.342 e. The van der Waals surface area contributed by atoms with E-state index >= 15 is 0 Å². The van der Waals surface area contributed by atoms with Crippen LogP contribution in [0, 0.1) is 0 Å². The summed E-state index contributed by atoms with van der Waals surface area (Å²) in [4.78, 5) is 7.87. The van der Waals surface area contributed by atoms with Gasteiger partial charge in [0, 0.05) is 5.92 Å². The van der Waals surface area contributed by atoms with Crippen LogP contribution >= 0.6 is 11.6 Å². The first-order valence-electron chi connectivity index (χ1n) is 5.68. The van der Waals surface area contributed by atoms with Crippen molar-refractivity contribution in [2.24, 2.45) is 0 Å². The number of hydrogen-bond donors (Lipinski definition) is 1. The highest BCUT2D eigenvalue weighted by Crippen LogP contribution is 2.31. The van der Waals surface area contributed by atoms with E-state index < -0.39 is 0 Å². The largest absolute Gasteiger partial charge is 0.342 e. The lowest BCUT2D eigenvalue weighted by Crippen LogP contribution is -1.89. The lowest BCUT2D eigenvalue weighted by Gasteiger charge is -2.07. The van der Waals surface area contributed by atoms with Gasteiger partial charge in [-0.3, -0.25) is 0 Å². The molecular formula is C13H17ClN2. The van der Waals surface area contributed by atoms with Crippen LogP contribution in [-0.4, -0.2) is 9.97 Å². The van der Waals surface area contributed by atoms with Gasteiger partial charge in [0.15, 0.2) is 0 Å². The van der Waals surface area contributed by atoms with Crippen LogP contribution < -0.4 is 0 Å². The van der Waals surface area contributed by atoms with Gasteiger partial charge in [0.05, 0.1) is 10.5 Å². The Morgan fingerprint density at radius 1 is 1.12 bits per heavy atom. The third-order valence-electron chi connectivity index (χ3n) is 2.81. The number of halogens is 1. The molecule has 1 heterocycles. The van der Waals surface area contributed by atoms with Gasteiger partial charge in [-0.15, -0.1) is 0 Å². The van der Waals surface area contributed by atoms with E-state index in [2.05, 4.69) is 49.8 Å². The van der Waals surface area contributed by atoms with E-state index in [1.54, 1.807) is 0 Å². The predicted octanol–water partition coefficient (Wildman–Crippen LogP) is 4.46. The molecule has 0 amide bonds. The fourth-order valence-electron chi connectivity index (χ4n) is 1.80. The molecule has 0 radical (unpaired) electrons. The van der Waals surface area contributed by atoms with Crippen molar-refractivity contribution in [2.45, 2.75) is 39.5 Å². The first kappa shape index (κ1) is 11.5. The van der Waals surface area contributed by atoms with Crippen LogP contribution in [0.2, 0.25) is 5.02 Å². The third kappa shape index (κ3) is 1.82. The average molecular weight is 237 g/mol. The van der Waals surface area contributed by atoms with E-state index in [1.165, 1.54) is 0 Å². The summed E-state index contributed by atoms with van der Waals surface area (Å²) < 4.78 is 0. The minimum absolute atomic E-state index is 0.394. The maximum Gasteiger partial charge on any atom is 0.109 e. The molecule has 86 valence electrons. The van der Waals surface area contributed by atoms with Crippen LogP contribution in [0.25, 0.3) is 11.0 Å². The highest BCUT2D eigenvalue weighted by Gasteiger charge is 2.13. The lowest BCUT2D eigenvalue weighted by molar-refractivity contribution is 0.799. The first-order valence-corrected chi connectivity index (χ1v) is 6.06. The van der Waals surface area contributed by atoms with Gasteiger partial charge >= 0.3 is 0 Å². The lowest BCUT2D eigenvalue weighted by atomic mass is 10.0. The molecule has 0 bridgehead atoms. The molecule has 0 aliphatic rings. The van der Waals surface area contributed by atoms with E-state index in [-0.39, 0.29) is 0 Å². The zero-order valence-electron chi connectivity index (χ0n) is 10.1. The normalized spacial score (nSPS) is 11.9. The van der Waals surface area contributed by atoms with Gasteiger partial charge in [0.2, 0.25) is 0 Å². The fraction of sp³-hybridized carbons (Fsp3) is 0.462. The van der Waals surface area contributed by atoms with E-state index in [1.807, 2.05) is 0 Å². The van der Waals surface area contributed by atoms with Crippen molar-refractivity contribution >= 4 is 22.6 Å². The highest BCUT2D eigenvalue weighted by molar-refractivity contribution is 6.35. The van der Waals surface area contributed by atoms with Crippen molar-refractivity contribution in [3.63, 3.8) is 0 Å². The second kappa shape index (κ2) is 4.10. The molecule has 1 N–H and O–H groups in total. The van der Waals surface area contributed by atoms with E-state index in [4.69, 9.17) is 11.6 Å². The van der Waals surface area contributed by atoms with Crippen LogP contribution in [0.4, 0.5) is 0 Å². The number of benzene rings is 1. The molecule has 2 nitrogen and oxygen atoms in total. The number of nitrogens with one attached hydrogen (secondary N) is 1. The Labute approximate surface area is 101 Å².